The molecule has 1 saturated heterocycles. The first-order chi connectivity index (χ1) is 11.7. The summed E-state index contributed by atoms with van der Waals surface area (Å²) >= 11 is 6.29. The van der Waals surface area contributed by atoms with Crippen molar-refractivity contribution in [1.82, 2.24) is 9.97 Å². The SMILES string of the molecule is Cc1ccncc1N1CCN(c2ccc3cccc(Cl)c3n2)CC1. The van der Waals surface area contributed by atoms with Gasteiger partial charge in [-0.2, -0.15) is 0 Å². The molecule has 0 atom stereocenters. The predicted octanol–water partition coefficient (Wildman–Crippen LogP) is 3.92. The molecule has 0 N–H and O–H groups in total. The van der Waals surface area contributed by atoms with Gasteiger partial charge in [0, 0.05) is 37.8 Å². The second-order valence-electron chi connectivity index (χ2n) is 6.12. The Hall–Kier alpha value is -2.33. The molecule has 0 amide bonds. The van der Waals surface area contributed by atoms with E-state index >= 15 is 0 Å². The number of anilines is 2. The highest BCUT2D eigenvalue weighted by atomic mass is 35.5. The van der Waals surface area contributed by atoms with Crippen LogP contribution in [0.3, 0.4) is 0 Å². The van der Waals surface area contributed by atoms with Gasteiger partial charge < -0.3 is 9.80 Å². The monoisotopic (exact) mass is 338 g/mol. The Kier molecular flexibility index (Phi) is 3.98. The molecule has 0 unspecified atom stereocenters. The van der Waals surface area contributed by atoms with Crippen LogP contribution >= 0.6 is 11.6 Å². The number of fused-ring (bicyclic) bond motifs is 1. The fraction of sp³-hybridized carbons (Fsp3) is 0.263. The lowest BCUT2D eigenvalue weighted by Crippen LogP contribution is -2.47. The lowest BCUT2D eigenvalue weighted by molar-refractivity contribution is 0.646. The molecule has 0 spiro atoms. The van der Waals surface area contributed by atoms with Gasteiger partial charge in [-0.1, -0.05) is 23.7 Å². The Morgan fingerprint density at radius 3 is 2.54 bits per heavy atom. The molecule has 0 saturated carbocycles. The third kappa shape index (κ3) is 2.78. The number of para-hydroxylation sites is 1. The maximum atomic E-state index is 6.29. The zero-order chi connectivity index (χ0) is 16.5. The van der Waals surface area contributed by atoms with Crippen molar-refractivity contribution in [3.05, 3.63) is 59.4 Å². The fourth-order valence-electron chi connectivity index (χ4n) is 3.24. The molecule has 1 fully saturated rings. The summed E-state index contributed by atoms with van der Waals surface area (Å²) in [5.74, 6) is 0.998. The van der Waals surface area contributed by atoms with Gasteiger partial charge in [0.05, 0.1) is 22.4 Å². The van der Waals surface area contributed by atoms with Crippen LogP contribution in [0.4, 0.5) is 11.5 Å². The van der Waals surface area contributed by atoms with Gasteiger partial charge in [-0.15, -0.1) is 0 Å². The normalized spacial score (nSPS) is 15.1. The number of hydrogen-bond acceptors (Lipinski definition) is 4. The van der Waals surface area contributed by atoms with Crippen LogP contribution in [0.25, 0.3) is 10.9 Å². The molecule has 3 aromatic rings. The van der Waals surface area contributed by atoms with Crippen molar-refractivity contribution >= 4 is 34.0 Å². The number of halogens is 1. The molecule has 4 rings (SSSR count). The highest BCUT2D eigenvalue weighted by Gasteiger charge is 2.19. The Morgan fingerprint density at radius 2 is 1.75 bits per heavy atom. The number of pyridine rings is 2. The fourth-order valence-corrected chi connectivity index (χ4v) is 3.46. The van der Waals surface area contributed by atoms with Gasteiger partial charge in [-0.05, 0) is 36.8 Å². The highest BCUT2D eigenvalue weighted by molar-refractivity contribution is 6.35. The molecule has 1 aliphatic heterocycles. The minimum atomic E-state index is 0.707. The second-order valence-corrected chi connectivity index (χ2v) is 6.52. The van der Waals surface area contributed by atoms with Crippen LogP contribution in [0.5, 0.6) is 0 Å². The zero-order valence-corrected chi connectivity index (χ0v) is 14.4. The number of hydrogen-bond donors (Lipinski definition) is 0. The van der Waals surface area contributed by atoms with Crippen molar-refractivity contribution in [3.63, 3.8) is 0 Å². The van der Waals surface area contributed by atoms with Gasteiger partial charge in [0.15, 0.2) is 0 Å². The number of benzene rings is 1. The number of aryl methyl sites for hydroxylation is 1. The number of aromatic nitrogens is 2. The van der Waals surface area contributed by atoms with E-state index in [0.717, 1.165) is 42.9 Å². The summed E-state index contributed by atoms with van der Waals surface area (Å²) in [4.78, 5) is 13.8. The standard InChI is InChI=1S/C19H19ClN4/c1-14-7-8-21-13-17(14)23-9-11-24(12-10-23)18-6-5-15-3-2-4-16(20)19(15)22-18/h2-8,13H,9-12H2,1H3. The van der Waals surface area contributed by atoms with Gasteiger partial charge in [-0.3, -0.25) is 4.98 Å². The molecule has 4 nitrogen and oxygen atoms in total. The summed E-state index contributed by atoms with van der Waals surface area (Å²) in [6, 6.07) is 12.1. The summed E-state index contributed by atoms with van der Waals surface area (Å²) in [6.45, 7) is 5.95. The second kappa shape index (κ2) is 6.29. The third-order valence-electron chi connectivity index (χ3n) is 4.61. The molecule has 5 heteroatoms. The molecular formula is C19H19ClN4. The first-order valence-corrected chi connectivity index (χ1v) is 8.56. The highest BCUT2D eigenvalue weighted by Crippen LogP contribution is 2.26. The number of piperazine rings is 1. The molecule has 2 aromatic heterocycles. The van der Waals surface area contributed by atoms with E-state index in [2.05, 4.69) is 39.9 Å². The van der Waals surface area contributed by atoms with Crippen LogP contribution in [-0.4, -0.2) is 36.1 Å². The molecule has 1 aromatic carbocycles. The van der Waals surface area contributed by atoms with E-state index < -0.39 is 0 Å². The Labute approximate surface area is 146 Å². The smallest absolute Gasteiger partial charge is 0.129 e. The summed E-state index contributed by atoms with van der Waals surface area (Å²) in [5.41, 5.74) is 3.38. The minimum Gasteiger partial charge on any atom is -0.367 e. The van der Waals surface area contributed by atoms with E-state index in [4.69, 9.17) is 16.6 Å². The van der Waals surface area contributed by atoms with Crippen LogP contribution in [0, 0.1) is 6.92 Å². The zero-order valence-electron chi connectivity index (χ0n) is 13.6. The largest absolute Gasteiger partial charge is 0.367 e. The van der Waals surface area contributed by atoms with Crippen molar-refractivity contribution in [2.24, 2.45) is 0 Å². The van der Waals surface area contributed by atoms with Crippen LogP contribution in [0.1, 0.15) is 5.56 Å². The van der Waals surface area contributed by atoms with E-state index in [1.807, 2.05) is 30.6 Å². The topological polar surface area (TPSA) is 32.3 Å². The quantitative estimate of drug-likeness (QED) is 0.709. The maximum Gasteiger partial charge on any atom is 0.129 e. The molecule has 0 bridgehead atoms. The van der Waals surface area contributed by atoms with E-state index in [1.165, 1.54) is 11.3 Å². The van der Waals surface area contributed by atoms with Gasteiger partial charge in [0.25, 0.3) is 0 Å². The average Bonchev–Trinajstić information content (AvgIpc) is 2.63. The summed E-state index contributed by atoms with van der Waals surface area (Å²) in [6.07, 6.45) is 3.80. The minimum absolute atomic E-state index is 0.707. The summed E-state index contributed by atoms with van der Waals surface area (Å²) in [7, 11) is 0. The molecule has 122 valence electrons. The molecule has 24 heavy (non-hydrogen) atoms. The van der Waals surface area contributed by atoms with E-state index in [-0.39, 0.29) is 0 Å². The predicted molar refractivity (Wildman–Crippen MR) is 100 cm³/mol. The van der Waals surface area contributed by atoms with Gasteiger partial charge >= 0.3 is 0 Å². The maximum absolute atomic E-state index is 6.29. The number of nitrogens with zero attached hydrogens (tertiary/aromatic N) is 4. The Morgan fingerprint density at radius 1 is 0.958 bits per heavy atom. The first-order valence-electron chi connectivity index (χ1n) is 8.18. The van der Waals surface area contributed by atoms with Crippen LogP contribution < -0.4 is 9.80 Å². The molecule has 3 heterocycles. The van der Waals surface area contributed by atoms with Crippen molar-refractivity contribution in [1.29, 1.82) is 0 Å². The first kappa shape index (κ1) is 15.2. The van der Waals surface area contributed by atoms with Crippen molar-refractivity contribution < 1.29 is 0 Å². The lowest BCUT2D eigenvalue weighted by Gasteiger charge is -2.37. The van der Waals surface area contributed by atoms with Gasteiger partial charge in [-0.25, -0.2) is 4.98 Å². The third-order valence-corrected chi connectivity index (χ3v) is 4.92. The van der Waals surface area contributed by atoms with Crippen LogP contribution in [0.2, 0.25) is 5.02 Å². The van der Waals surface area contributed by atoms with Gasteiger partial charge in [0.1, 0.15) is 5.82 Å². The molecular weight excluding hydrogens is 320 g/mol. The van der Waals surface area contributed by atoms with E-state index in [0.29, 0.717) is 5.02 Å². The summed E-state index contributed by atoms with van der Waals surface area (Å²) < 4.78 is 0. The van der Waals surface area contributed by atoms with Crippen LogP contribution in [-0.2, 0) is 0 Å². The molecule has 0 radical (unpaired) electrons. The Balaban J connectivity index is 1.54. The number of rotatable bonds is 2. The van der Waals surface area contributed by atoms with Crippen molar-refractivity contribution in [3.8, 4) is 0 Å². The van der Waals surface area contributed by atoms with E-state index in [1.54, 1.807) is 0 Å². The van der Waals surface area contributed by atoms with Crippen molar-refractivity contribution in [2.45, 2.75) is 6.92 Å². The van der Waals surface area contributed by atoms with Crippen molar-refractivity contribution in [2.75, 3.05) is 36.0 Å². The van der Waals surface area contributed by atoms with E-state index in [9.17, 15) is 0 Å². The molecule has 1 aliphatic rings. The molecule has 0 aliphatic carbocycles. The average molecular weight is 339 g/mol. The Bertz CT molecular complexity index is 872. The lowest BCUT2D eigenvalue weighted by atomic mass is 10.2. The summed E-state index contributed by atoms with van der Waals surface area (Å²) in [5, 5.41) is 1.79. The van der Waals surface area contributed by atoms with Crippen LogP contribution in [0.15, 0.2) is 48.8 Å². The van der Waals surface area contributed by atoms with Gasteiger partial charge in [0.2, 0.25) is 0 Å².